The number of piperazine rings is 1. The molecule has 108 valence electrons. The molecule has 4 nitrogen and oxygen atoms in total. The van der Waals surface area contributed by atoms with E-state index in [4.69, 9.17) is 5.26 Å². The van der Waals surface area contributed by atoms with Crippen molar-refractivity contribution in [1.82, 2.24) is 9.88 Å². The summed E-state index contributed by atoms with van der Waals surface area (Å²) in [5, 5.41) is 9.01. The van der Waals surface area contributed by atoms with Gasteiger partial charge >= 0.3 is 0 Å². The Bertz CT molecular complexity index is 441. The van der Waals surface area contributed by atoms with Gasteiger partial charge in [-0.25, -0.2) is 4.98 Å². The van der Waals surface area contributed by atoms with Crippen molar-refractivity contribution in [2.45, 2.75) is 26.7 Å². The largest absolute Gasteiger partial charge is 0.354 e. The predicted octanol–water partition coefficient (Wildman–Crippen LogP) is 2.53. The molecule has 0 atom stereocenters. The summed E-state index contributed by atoms with van der Waals surface area (Å²) >= 11 is 0. The quantitative estimate of drug-likeness (QED) is 0.826. The van der Waals surface area contributed by atoms with Crippen LogP contribution in [-0.4, -0.2) is 42.6 Å². The Hall–Kier alpha value is -1.60. The van der Waals surface area contributed by atoms with Crippen LogP contribution in [0.3, 0.4) is 0 Å². The molecule has 0 aliphatic carbocycles. The number of hydrogen-bond acceptors (Lipinski definition) is 4. The standard InChI is InChI=1S/C16H24N4/c1-16(2,14-17)7-5-9-19-10-12-20(13-11-19)15-6-3-4-8-18-15/h3-4,6,8H,5,7,9-13H2,1-2H3. The molecule has 1 saturated heterocycles. The summed E-state index contributed by atoms with van der Waals surface area (Å²) in [5.41, 5.74) is -0.185. The monoisotopic (exact) mass is 272 g/mol. The van der Waals surface area contributed by atoms with Crippen molar-refractivity contribution in [3.63, 3.8) is 0 Å². The van der Waals surface area contributed by atoms with E-state index in [-0.39, 0.29) is 5.41 Å². The summed E-state index contributed by atoms with van der Waals surface area (Å²) in [4.78, 5) is 9.24. The first-order chi connectivity index (χ1) is 9.61. The smallest absolute Gasteiger partial charge is 0.128 e. The van der Waals surface area contributed by atoms with Crippen LogP contribution in [0.25, 0.3) is 0 Å². The molecule has 2 rings (SSSR count). The second-order valence-electron chi connectivity index (χ2n) is 6.12. The van der Waals surface area contributed by atoms with Gasteiger partial charge in [0.2, 0.25) is 0 Å². The van der Waals surface area contributed by atoms with Gasteiger partial charge in [-0.3, -0.25) is 4.90 Å². The molecule has 0 bridgehead atoms. The van der Waals surface area contributed by atoms with E-state index in [1.807, 2.05) is 32.2 Å². The van der Waals surface area contributed by atoms with Crippen molar-refractivity contribution in [3.05, 3.63) is 24.4 Å². The third-order valence-electron chi connectivity index (χ3n) is 3.92. The normalized spacial score (nSPS) is 16.9. The zero-order chi connectivity index (χ0) is 14.4. The second kappa shape index (κ2) is 6.71. The Morgan fingerprint density at radius 2 is 2.00 bits per heavy atom. The van der Waals surface area contributed by atoms with E-state index in [1.54, 1.807) is 0 Å². The zero-order valence-electron chi connectivity index (χ0n) is 12.5. The van der Waals surface area contributed by atoms with Gasteiger partial charge in [-0.2, -0.15) is 5.26 Å². The van der Waals surface area contributed by atoms with Crippen LogP contribution in [0.4, 0.5) is 5.82 Å². The van der Waals surface area contributed by atoms with E-state index in [9.17, 15) is 0 Å². The molecule has 4 heteroatoms. The highest BCUT2D eigenvalue weighted by molar-refractivity contribution is 5.38. The number of rotatable bonds is 5. The van der Waals surface area contributed by atoms with Crippen molar-refractivity contribution in [2.75, 3.05) is 37.6 Å². The van der Waals surface area contributed by atoms with Crippen LogP contribution in [0.15, 0.2) is 24.4 Å². The van der Waals surface area contributed by atoms with E-state index in [0.717, 1.165) is 51.4 Å². The molecule has 0 radical (unpaired) electrons. The van der Waals surface area contributed by atoms with Crippen LogP contribution in [0.1, 0.15) is 26.7 Å². The van der Waals surface area contributed by atoms with Crippen LogP contribution in [0, 0.1) is 16.7 Å². The van der Waals surface area contributed by atoms with Crippen molar-refractivity contribution >= 4 is 5.82 Å². The maximum absolute atomic E-state index is 9.01. The van der Waals surface area contributed by atoms with E-state index in [0.29, 0.717) is 0 Å². The molecule has 1 aliphatic heterocycles. The van der Waals surface area contributed by atoms with Crippen molar-refractivity contribution in [1.29, 1.82) is 5.26 Å². The molecule has 1 aliphatic rings. The molecule has 0 amide bonds. The number of nitriles is 1. The van der Waals surface area contributed by atoms with Crippen LogP contribution in [-0.2, 0) is 0 Å². The van der Waals surface area contributed by atoms with Crippen molar-refractivity contribution in [3.8, 4) is 6.07 Å². The van der Waals surface area contributed by atoms with Gasteiger partial charge in [-0.15, -0.1) is 0 Å². The second-order valence-corrected chi connectivity index (χ2v) is 6.12. The van der Waals surface area contributed by atoms with Crippen LogP contribution < -0.4 is 4.90 Å². The zero-order valence-corrected chi connectivity index (χ0v) is 12.5. The Labute approximate surface area is 122 Å². The summed E-state index contributed by atoms with van der Waals surface area (Å²) in [6.07, 6.45) is 3.93. The van der Waals surface area contributed by atoms with Gasteiger partial charge in [0.1, 0.15) is 5.82 Å². The Kier molecular flexibility index (Phi) is 4.97. The average Bonchev–Trinajstić information content (AvgIpc) is 2.49. The van der Waals surface area contributed by atoms with Gasteiger partial charge in [-0.1, -0.05) is 6.07 Å². The molecule has 2 heterocycles. The van der Waals surface area contributed by atoms with Crippen LogP contribution in [0.2, 0.25) is 0 Å². The lowest BCUT2D eigenvalue weighted by Crippen LogP contribution is -2.47. The summed E-state index contributed by atoms with van der Waals surface area (Å²) < 4.78 is 0. The molecule has 0 aromatic carbocycles. The molecule has 1 aromatic heterocycles. The van der Waals surface area contributed by atoms with E-state index in [1.165, 1.54) is 0 Å². The third kappa shape index (κ3) is 4.21. The maximum atomic E-state index is 9.01. The lowest BCUT2D eigenvalue weighted by atomic mass is 9.90. The predicted molar refractivity (Wildman–Crippen MR) is 81.5 cm³/mol. The number of aromatic nitrogens is 1. The lowest BCUT2D eigenvalue weighted by Gasteiger charge is -2.35. The van der Waals surface area contributed by atoms with Gasteiger partial charge in [0.05, 0.1) is 11.5 Å². The molecule has 20 heavy (non-hydrogen) atoms. The molecule has 0 saturated carbocycles. The summed E-state index contributed by atoms with van der Waals surface area (Å²) in [7, 11) is 0. The summed E-state index contributed by atoms with van der Waals surface area (Å²) in [6, 6.07) is 8.44. The van der Waals surface area contributed by atoms with Crippen LogP contribution in [0.5, 0.6) is 0 Å². The minimum absolute atomic E-state index is 0.185. The first-order valence-corrected chi connectivity index (χ1v) is 7.40. The molecule has 0 N–H and O–H groups in total. The van der Waals surface area contributed by atoms with Crippen molar-refractivity contribution in [2.24, 2.45) is 5.41 Å². The van der Waals surface area contributed by atoms with Crippen molar-refractivity contribution < 1.29 is 0 Å². The fourth-order valence-corrected chi connectivity index (χ4v) is 2.54. The molecule has 0 unspecified atom stereocenters. The van der Waals surface area contributed by atoms with Crippen LogP contribution >= 0.6 is 0 Å². The lowest BCUT2D eigenvalue weighted by molar-refractivity contribution is 0.242. The third-order valence-corrected chi connectivity index (χ3v) is 3.92. The Morgan fingerprint density at radius 1 is 1.25 bits per heavy atom. The minimum atomic E-state index is -0.185. The molecule has 1 aromatic rings. The Balaban J connectivity index is 1.71. The first-order valence-electron chi connectivity index (χ1n) is 7.40. The minimum Gasteiger partial charge on any atom is -0.354 e. The van der Waals surface area contributed by atoms with Gasteiger partial charge in [0.25, 0.3) is 0 Å². The van der Waals surface area contributed by atoms with Gasteiger partial charge in [0, 0.05) is 32.4 Å². The fraction of sp³-hybridized carbons (Fsp3) is 0.625. The fourth-order valence-electron chi connectivity index (χ4n) is 2.54. The molecule has 0 spiro atoms. The maximum Gasteiger partial charge on any atom is 0.128 e. The number of nitrogens with zero attached hydrogens (tertiary/aromatic N) is 4. The number of hydrogen-bond donors (Lipinski definition) is 0. The summed E-state index contributed by atoms with van der Waals surface area (Å²) in [5.74, 6) is 1.08. The van der Waals surface area contributed by atoms with E-state index in [2.05, 4.69) is 26.9 Å². The van der Waals surface area contributed by atoms with Gasteiger partial charge < -0.3 is 4.90 Å². The molecular formula is C16H24N4. The summed E-state index contributed by atoms with van der Waals surface area (Å²) in [6.45, 7) is 9.39. The van der Waals surface area contributed by atoms with E-state index >= 15 is 0 Å². The molecular weight excluding hydrogens is 248 g/mol. The highest BCUT2D eigenvalue weighted by Crippen LogP contribution is 2.21. The number of anilines is 1. The van der Waals surface area contributed by atoms with Gasteiger partial charge in [0.15, 0.2) is 0 Å². The highest BCUT2D eigenvalue weighted by atomic mass is 15.3. The number of pyridine rings is 1. The SMILES string of the molecule is CC(C)(C#N)CCCN1CCN(c2ccccn2)CC1. The van der Waals surface area contributed by atoms with Gasteiger partial charge in [-0.05, 0) is 45.4 Å². The highest BCUT2D eigenvalue weighted by Gasteiger charge is 2.20. The Morgan fingerprint density at radius 3 is 2.60 bits per heavy atom. The molecule has 1 fully saturated rings. The topological polar surface area (TPSA) is 43.2 Å². The average molecular weight is 272 g/mol. The van der Waals surface area contributed by atoms with E-state index < -0.39 is 0 Å². The first kappa shape index (κ1) is 14.8.